The van der Waals surface area contributed by atoms with Crippen molar-refractivity contribution in [3.05, 3.63) is 48.9 Å². The molecule has 4 heteroatoms. The maximum atomic E-state index is 12.0. The first-order valence-corrected chi connectivity index (χ1v) is 6.32. The molecule has 0 aliphatic rings. The summed E-state index contributed by atoms with van der Waals surface area (Å²) < 4.78 is 7.03. The number of fused-ring (bicyclic) bond motifs is 1. The van der Waals surface area contributed by atoms with E-state index in [9.17, 15) is 4.79 Å². The molecule has 0 saturated carbocycles. The Kier molecular flexibility index (Phi) is 3.69. The summed E-state index contributed by atoms with van der Waals surface area (Å²) in [7, 11) is 0. The second-order valence-corrected chi connectivity index (χ2v) is 4.72. The molecule has 1 unspecified atom stereocenters. The lowest BCUT2D eigenvalue weighted by molar-refractivity contribution is -0.151. The maximum Gasteiger partial charge on any atom is 0.316 e. The van der Waals surface area contributed by atoms with E-state index in [2.05, 4.69) is 11.6 Å². The van der Waals surface area contributed by atoms with Crippen molar-refractivity contribution in [1.82, 2.24) is 9.38 Å². The summed E-state index contributed by atoms with van der Waals surface area (Å²) in [6, 6.07) is 5.81. The van der Waals surface area contributed by atoms with E-state index < -0.39 is 5.41 Å². The second kappa shape index (κ2) is 5.26. The average Bonchev–Trinajstić information content (AvgIpc) is 2.80. The zero-order valence-electron chi connectivity index (χ0n) is 11.3. The zero-order chi connectivity index (χ0) is 13.9. The molecule has 2 heterocycles. The van der Waals surface area contributed by atoms with Gasteiger partial charge in [0.1, 0.15) is 5.65 Å². The molecule has 0 aliphatic carbocycles. The highest BCUT2D eigenvalue weighted by molar-refractivity contribution is 5.78. The van der Waals surface area contributed by atoms with E-state index in [1.165, 1.54) is 0 Å². The molecule has 0 bridgehead atoms. The molecule has 2 rings (SSSR count). The molecule has 0 amide bonds. The Labute approximate surface area is 112 Å². The van der Waals surface area contributed by atoms with Gasteiger partial charge in [-0.25, -0.2) is 4.98 Å². The van der Waals surface area contributed by atoms with Crippen LogP contribution in [0.4, 0.5) is 0 Å². The van der Waals surface area contributed by atoms with E-state index in [4.69, 9.17) is 4.74 Å². The van der Waals surface area contributed by atoms with Crippen molar-refractivity contribution < 1.29 is 9.53 Å². The fourth-order valence-corrected chi connectivity index (χ4v) is 1.97. The molecule has 4 nitrogen and oxygen atoms in total. The maximum absolute atomic E-state index is 12.0. The van der Waals surface area contributed by atoms with Gasteiger partial charge in [0.2, 0.25) is 0 Å². The Morgan fingerprint density at radius 2 is 2.37 bits per heavy atom. The number of pyridine rings is 1. The number of nitrogens with zero attached hydrogens (tertiary/aromatic N) is 2. The molecule has 0 spiro atoms. The van der Waals surface area contributed by atoms with Gasteiger partial charge >= 0.3 is 5.97 Å². The van der Waals surface area contributed by atoms with Crippen LogP contribution in [-0.4, -0.2) is 22.0 Å². The van der Waals surface area contributed by atoms with Crippen LogP contribution in [0.3, 0.4) is 0 Å². The van der Waals surface area contributed by atoms with E-state index in [1.54, 1.807) is 13.0 Å². The van der Waals surface area contributed by atoms with E-state index in [0.717, 1.165) is 11.3 Å². The van der Waals surface area contributed by atoms with Gasteiger partial charge in [0.05, 0.1) is 17.7 Å². The fourth-order valence-electron chi connectivity index (χ4n) is 1.97. The van der Waals surface area contributed by atoms with Crippen LogP contribution in [0.15, 0.2) is 43.2 Å². The van der Waals surface area contributed by atoms with Crippen LogP contribution < -0.4 is 0 Å². The molecule has 0 saturated heterocycles. The molecule has 0 aliphatic heterocycles. The molecule has 0 N–H and O–H groups in total. The van der Waals surface area contributed by atoms with Crippen LogP contribution in [0.25, 0.3) is 5.65 Å². The van der Waals surface area contributed by atoms with Crippen LogP contribution in [0.5, 0.6) is 0 Å². The van der Waals surface area contributed by atoms with Crippen LogP contribution in [0.2, 0.25) is 0 Å². The first kappa shape index (κ1) is 13.3. The van der Waals surface area contributed by atoms with Crippen molar-refractivity contribution >= 4 is 11.6 Å². The predicted octanol–water partition coefficient (Wildman–Crippen LogP) is 2.63. The molecule has 19 heavy (non-hydrogen) atoms. The number of ether oxygens (including phenoxy) is 1. The van der Waals surface area contributed by atoms with Crippen molar-refractivity contribution in [1.29, 1.82) is 0 Å². The summed E-state index contributed by atoms with van der Waals surface area (Å²) in [4.78, 5) is 16.5. The van der Waals surface area contributed by atoms with Crippen LogP contribution in [-0.2, 0) is 16.0 Å². The number of rotatable bonds is 5. The van der Waals surface area contributed by atoms with E-state index in [-0.39, 0.29) is 5.97 Å². The number of hydrogen-bond acceptors (Lipinski definition) is 3. The second-order valence-electron chi connectivity index (χ2n) is 4.72. The van der Waals surface area contributed by atoms with Crippen LogP contribution in [0.1, 0.15) is 19.5 Å². The number of aromatic nitrogens is 2. The Morgan fingerprint density at radius 3 is 3.00 bits per heavy atom. The third-order valence-corrected chi connectivity index (χ3v) is 3.15. The van der Waals surface area contributed by atoms with Crippen LogP contribution in [0, 0.1) is 5.41 Å². The third kappa shape index (κ3) is 2.67. The Morgan fingerprint density at radius 1 is 1.58 bits per heavy atom. The zero-order valence-corrected chi connectivity index (χ0v) is 11.3. The molecule has 2 aromatic heterocycles. The standard InChI is InChI=1S/C15H18N2O2/c1-4-15(3,14(18)19-5-2)10-12-11-17-9-7-6-8-13(17)16-12/h4,6-9,11H,1,5,10H2,2-3H3. The summed E-state index contributed by atoms with van der Waals surface area (Å²) in [6.45, 7) is 7.74. The summed E-state index contributed by atoms with van der Waals surface area (Å²) in [6.07, 6.45) is 5.98. The smallest absolute Gasteiger partial charge is 0.316 e. The van der Waals surface area contributed by atoms with Gasteiger partial charge in [-0.2, -0.15) is 0 Å². The Hall–Kier alpha value is -2.10. The van der Waals surface area contributed by atoms with Gasteiger partial charge in [0, 0.05) is 18.8 Å². The fraction of sp³-hybridized carbons (Fsp3) is 0.333. The SMILES string of the molecule is C=CC(C)(Cc1cn2ccccc2n1)C(=O)OCC. The number of hydrogen-bond donors (Lipinski definition) is 0. The van der Waals surface area contributed by atoms with E-state index in [1.807, 2.05) is 41.9 Å². The normalized spacial score (nSPS) is 14.0. The summed E-state index contributed by atoms with van der Waals surface area (Å²) in [5.41, 5.74) is 0.975. The number of carbonyl (C=O) groups is 1. The van der Waals surface area contributed by atoms with Gasteiger partial charge < -0.3 is 9.14 Å². The van der Waals surface area contributed by atoms with Gasteiger partial charge in [0.15, 0.2) is 0 Å². The molecule has 100 valence electrons. The largest absolute Gasteiger partial charge is 0.465 e. The highest BCUT2D eigenvalue weighted by Gasteiger charge is 2.32. The van der Waals surface area contributed by atoms with Gasteiger partial charge in [-0.3, -0.25) is 4.79 Å². The highest BCUT2D eigenvalue weighted by Crippen LogP contribution is 2.25. The molecular formula is C15H18N2O2. The minimum absolute atomic E-state index is 0.262. The van der Waals surface area contributed by atoms with Gasteiger partial charge in [-0.05, 0) is 26.0 Å². The Balaban J connectivity index is 2.26. The van der Waals surface area contributed by atoms with E-state index >= 15 is 0 Å². The third-order valence-electron chi connectivity index (χ3n) is 3.15. The number of carbonyl (C=O) groups excluding carboxylic acids is 1. The summed E-state index contributed by atoms with van der Waals surface area (Å²) >= 11 is 0. The summed E-state index contributed by atoms with van der Waals surface area (Å²) in [5, 5.41) is 0. The summed E-state index contributed by atoms with van der Waals surface area (Å²) in [5.74, 6) is -0.262. The van der Waals surface area contributed by atoms with Crippen molar-refractivity contribution in [2.75, 3.05) is 6.61 Å². The van der Waals surface area contributed by atoms with Crippen molar-refractivity contribution in [2.45, 2.75) is 20.3 Å². The predicted molar refractivity (Wildman–Crippen MR) is 73.8 cm³/mol. The quantitative estimate of drug-likeness (QED) is 0.611. The van der Waals surface area contributed by atoms with Crippen LogP contribution >= 0.6 is 0 Å². The molecule has 1 atom stereocenters. The molecule has 0 fully saturated rings. The van der Waals surface area contributed by atoms with Crippen molar-refractivity contribution in [3.63, 3.8) is 0 Å². The van der Waals surface area contributed by atoms with E-state index in [0.29, 0.717) is 13.0 Å². The lowest BCUT2D eigenvalue weighted by Gasteiger charge is -2.22. The van der Waals surface area contributed by atoms with Crippen molar-refractivity contribution in [3.8, 4) is 0 Å². The molecule has 2 aromatic rings. The first-order chi connectivity index (χ1) is 9.09. The minimum atomic E-state index is -0.742. The van der Waals surface area contributed by atoms with Gasteiger partial charge in [0.25, 0.3) is 0 Å². The lowest BCUT2D eigenvalue weighted by Crippen LogP contribution is -2.30. The van der Waals surface area contributed by atoms with Crippen molar-refractivity contribution in [2.24, 2.45) is 5.41 Å². The number of imidazole rings is 1. The van der Waals surface area contributed by atoms with Gasteiger partial charge in [-0.1, -0.05) is 12.1 Å². The highest BCUT2D eigenvalue weighted by atomic mass is 16.5. The Bertz CT molecular complexity index is 570. The molecule has 0 aromatic carbocycles. The number of esters is 1. The molecule has 0 radical (unpaired) electrons. The first-order valence-electron chi connectivity index (χ1n) is 6.32. The minimum Gasteiger partial charge on any atom is -0.465 e. The lowest BCUT2D eigenvalue weighted by atomic mass is 9.86. The van der Waals surface area contributed by atoms with Gasteiger partial charge in [-0.15, -0.1) is 6.58 Å². The topological polar surface area (TPSA) is 43.6 Å². The monoisotopic (exact) mass is 258 g/mol. The average molecular weight is 258 g/mol. The molecular weight excluding hydrogens is 240 g/mol.